The first-order chi connectivity index (χ1) is 9.20. The van der Waals surface area contributed by atoms with Crippen LogP contribution in [0.15, 0.2) is 35.1 Å². The molecular weight excluding hydrogens is 264 g/mol. The molecule has 2 aromatic heterocycles. The highest BCUT2D eigenvalue weighted by Gasteiger charge is 2.14. The number of H-pyrrole nitrogens is 1. The van der Waals surface area contributed by atoms with Gasteiger partial charge in [0, 0.05) is 0 Å². The van der Waals surface area contributed by atoms with Crippen molar-refractivity contribution in [3.05, 3.63) is 52.2 Å². The number of hydrogen-bond acceptors (Lipinski definition) is 3. The summed E-state index contributed by atoms with van der Waals surface area (Å²) in [5.74, 6) is 0.598. The Balaban J connectivity index is 2.38. The summed E-state index contributed by atoms with van der Waals surface area (Å²) in [4.78, 5) is 19.0. The molecule has 1 aromatic carbocycles. The third-order valence-electron chi connectivity index (χ3n) is 2.89. The Bertz CT molecular complexity index is 792. The summed E-state index contributed by atoms with van der Waals surface area (Å²) in [6, 6.07) is 9.57. The number of aryl methyl sites for hydroxylation is 1. The molecular formula is C13H11ClN4O. The number of fused-ring (bicyclic) bond motifs is 1. The van der Waals surface area contributed by atoms with Crippen molar-refractivity contribution in [2.45, 2.75) is 12.8 Å². The number of aromatic amines is 1. The van der Waals surface area contributed by atoms with Gasteiger partial charge in [0.05, 0.1) is 17.3 Å². The van der Waals surface area contributed by atoms with Crippen LogP contribution in [0, 0.1) is 6.92 Å². The molecule has 3 rings (SSSR count). The third kappa shape index (κ3) is 1.92. The first-order valence-electron chi connectivity index (χ1n) is 5.80. The first-order valence-corrected chi connectivity index (χ1v) is 6.34. The molecule has 3 aromatic rings. The lowest BCUT2D eigenvalue weighted by molar-refractivity contribution is 0.870. The fraction of sp³-hybridized carbons (Fsp3) is 0.154. The molecule has 0 radical (unpaired) electrons. The maximum absolute atomic E-state index is 12.0. The number of alkyl halides is 1. The molecule has 2 heterocycles. The minimum atomic E-state index is -0.208. The van der Waals surface area contributed by atoms with E-state index in [0.717, 1.165) is 5.69 Å². The zero-order valence-corrected chi connectivity index (χ0v) is 11.0. The van der Waals surface area contributed by atoms with Crippen molar-refractivity contribution in [2.75, 3.05) is 0 Å². The number of nitrogens with one attached hydrogen (secondary N) is 1. The van der Waals surface area contributed by atoms with E-state index in [9.17, 15) is 4.79 Å². The van der Waals surface area contributed by atoms with Gasteiger partial charge in [-0.25, -0.2) is 9.67 Å². The Morgan fingerprint density at radius 3 is 2.74 bits per heavy atom. The van der Waals surface area contributed by atoms with Crippen LogP contribution in [-0.4, -0.2) is 19.7 Å². The summed E-state index contributed by atoms with van der Waals surface area (Å²) in [6.45, 7) is 1.79. The predicted molar refractivity (Wildman–Crippen MR) is 73.8 cm³/mol. The van der Waals surface area contributed by atoms with Crippen molar-refractivity contribution in [3.8, 4) is 5.69 Å². The molecule has 0 amide bonds. The van der Waals surface area contributed by atoms with Crippen molar-refractivity contribution in [2.24, 2.45) is 0 Å². The van der Waals surface area contributed by atoms with E-state index in [0.29, 0.717) is 22.6 Å². The number of aromatic nitrogens is 4. The highest BCUT2D eigenvalue weighted by atomic mass is 35.5. The number of benzene rings is 1. The quantitative estimate of drug-likeness (QED) is 0.728. The van der Waals surface area contributed by atoms with Crippen LogP contribution in [0.1, 0.15) is 11.5 Å². The summed E-state index contributed by atoms with van der Waals surface area (Å²) < 4.78 is 1.66. The van der Waals surface area contributed by atoms with E-state index < -0.39 is 0 Å². The standard InChI is InChI=1S/C13H11ClN4O/c1-8-11-12(15-10(7-14)16-13(11)19)18(17-8)9-5-3-2-4-6-9/h2-6H,7H2,1H3,(H,15,16,19). The van der Waals surface area contributed by atoms with Gasteiger partial charge in [0.2, 0.25) is 0 Å². The fourth-order valence-corrected chi connectivity index (χ4v) is 2.17. The maximum atomic E-state index is 12.0. The summed E-state index contributed by atoms with van der Waals surface area (Å²) in [6.07, 6.45) is 0. The molecule has 1 N–H and O–H groups in total. The van der Waals surface area contributed by atoms with E-state index in [-0.39, 0.29) is 11.4 Å². The molecule has 0 aliphatic rings. The number of rotatable bonds is 2. The van der Waals surface area contributed by atoms with Crippen LogP contribution in [0.2, 0.25) is 0 Å². The number of para-hydroxylation sites is 1. The van der Waals surface area contributed by atoms with Crippen molar-refractivity contribution < 1.29 is 0 Å². The van der Waals surface area contributed by atoms with Crippen LogP contribution in [0.5, 0.6) is 0 Å². The molecule has 0 saturated heterocycles. The Kier molecular flexibility index (Phi) is 2.83. The smallest absolute Gasteiger partial charge is 0.262 e. The van der Waals surface area contributed by atoms with E-state index in [4.69, 9.17) is 11.6 Å². The van der Waals surface area contributed by atoms with Crippen molar-refractivity contribution in [3.63, 3.8) is 0 Å². The molecule has 0 unspecified atom stereocenters. The van der Waals surface area contributed by atoms with Gasteiger partial charge in [0.1, 0.15) is 11.2 Å². The Morgan fingerprint density at radius 2 is 2.05 bits per heavy atom. The van der Waals surface area contributed by atoms with Crippen molar-refractivity contribution >= 4 is 22.6 Å². The highest BCUT2D eigenvalue weighted by molar-refractivity contribution is 6.16. The summed E-state index contributed by atoms with van der Waals surface area (Å²) in [7, 11) is 0. The molecule has 96 valence electrons. The van der Waals surface area contributed by atoms with Crippen LogP contribution < -0.4 is 5.56 Å². The van der Waals surface area contributed by atoms with Crippen molar-refractivity contribution in [1.29, 1.82) is 0 Å². The molecule has 0 fully saturated rings. The highest BCUT2D eigenvalue weighted by Crippen LogP contribution is 2.17. The van der Waals surface area contributed by atoms with Gasteiger partial charge in [-0.05, 0) is 19.1 Å². The third-order valence-corrected chi connectivity index (χ3v) is 3.14. The average Bonchev–Trinajstić information content (AvgIpc) is 2.77. The van der Waals surface area contributed by atoms with E-state index in [1.807, 2.05) is 30.3 Å². The Hall–Kier alpha value is -2.14. The lowest BCUT2D eigenvalue weighted by atomic mass is 10.3. The van der Waals surface area contributed by atoms with Gasteiger partial charge in [0.25, 0.3) is 5.56 Å². The lowest BCUT2D eigenvalue weighted by Gasteiger charge is -2.02. The van der Waals surface area contributed by atoms with Gasteiger partial charge in [-0.15, -0.1) is 11.6 Å². The monoisotopic (exact) mass is 274 g/mol. The molecule has 0 aliphatic heterocycles. The van der Waals surface area contributed by atoms with Gasteiger partial charge in [0.15, 0.2) is 5.65 Å². The minimum absolute atomic E-state index is 0.157. The molecule has 0 saturated carbocycles. The summed E-state index contributed by atoms with van der Waals surface area (Å²) in [5.41, 5.74) is 1.83. The van der Waals surface area contributed by atoms with E-state index in [1.165, 1.54) is 0 Å². The lowest BCUT2D eigenvalue weighted by Crippen LogP contribution is -2.11. The van der Waals surface area contributed by atoms with Crippen molar-refractivity contribution in [1.82, 2.24) is 19.7 Å². The van der Waals surface area contributed by atoms with Gasteiger partial charge < -0.3 is 4.98 Å². The van der Waals surface area contributed by atoms with Gasteiger partial charge in [-0.3, -0.25) is 4.79 Å². The molecule has 0 spiro atoms. The normalized spacial score (nSPS) is 11.1. The van der Waals surface area contributed by atoms with E-state index >= 15 is 0 Å². The zero-order chi connectivity index (χ0) is 13.4. The molecule has 0 bridgehead atoms. The van der Waals surface area contributed by atoms with Crippen LogP contribution in [0.4, 0.5) is 0 Å². The van der Waals surface area contributed by atoms with Gasteiger partial charge in [-0.2, -0.15) is 5.10 Å². The maximum Gasteiger partial charge on any atom is 0.262 e. The number of halogens is 1. The first kappa shape index (κ1) is 11.9. The Morgan fingerprint density at radius 1 is 1.32 bits per heavy atom. The van der Waals surface area contributed by atoms with Crippen LogP contribution in [0.3, 0.4) is 0 Å². The van der Waals surface area contributed by atoms with Gasteiger partial charge >= 0.3 is 0 Å². The SMILES string of the molecule is Cc1nn(-c2ccccc2)c2nc(CCl)[nH]c(=O)c12. The molecule has 5 nitrogen and oxygen atoms in total. The van der Waals surface area contributed by atoms with Crippen LogP contribution >= 0.6 is 11.6 Å². The second kappa shape index (κ2) is 4.51. The summed E-state index contributed by atoms with van der Waals surface area (Å²) in [5, 5.41) is 4.89. The minimum Gasteiger partial charge on any atom is -0.309 e. The molecule has 0 atom stereocenters. The molecule has 0 aliphatic carbocycles. The van der Waals surface area contributed by atoms with Gasteiger partial charge in [-0.1, -0.05) is 18.2 Å². The van der Waals surface area contributed by atoms with E-state index in [1.54, 1.807) is 11.6 Å². The predicted octanol–water partition coefficient (Wildman–Crippen LogP) is 2.16. The largest absolute Gasteiger partial charge is 0.309 e. The molecule has 6 heteroatoms. The molecule has 19 heavy (non-hydrogen) atoms. The van der Waals surface area contributed by atoms with E-state index in [2.05, 4.69) is 15.1 Å². The zero-order valence-electron chi connectivity index (χ0n) is 10.2. The topological polar surface area (TPSA) is 63.6 Å². The average molecular weight is 275 g/mol. The number of nitrogens with zero attached hydrogens (tertiary/aromatic N) is 3. The second-order valence-electron chi connectivity index (χ2n) is 4.18. The fourth-order valence-electron chi connectivity index (χ4n) is 2.05. The Labute approximate surface area is 113 Å². The number of hydrogen-bond donors (Lipinski definition) is 1. The summed E-state index contributed by atoms with van der Waals surface area (Å²) >= 11 is 5.74. The van der Waals surface area contributed by atoms with Crippen LogP contribution in [-0.2, 0) is 5.88 Å². The van der Waals surface area contributed by atoms with Crippen LogP contribution in [0.25, 0.3) is 16.7 Å². The second-order valence-corrected chi connectivity index (χ2v) is 4.44.